The molecule has 2 heterocycles. The number of piperidine rings is 1. The van der Waals surface area contributed by atoms with Crippen molar-refractivity contribution in [3.8, 4) is 17.6 Å². The minimum Gasteiger partial charge on any atom is -0.496 e. The largest absolute Gasteiger partial charge is 0.496 e. The van der Waals surface area contributed by atoms with Crippen LogP contribution < -0.4 is 10.1 Å². The predicted octanol–water partition coefficient (Wildman–Crippen LogP) is 4.12. The molecule has 0 spiro atoms. The van der Waals surface area contributed by atoms with E-state index in [0.717, 1.165) is 43.8 Å². The first kappa shape index (κ1) is 25.5. The number of carbonyl (C=O) groups is 2. The minimum atomic E-state index is -1.10. The highest BCUT2D eigenvalue weighted by molar-refractivity contribution is 6.07. The number of methoxy groups -OCH3 is 1. The van der Waals surface area contributed by atoms with Crippen LogP contribution in [-0.4, -0.2) is 60.6 Å². The van der Waals surface area contributed by atoms with Crippen LogP contribution in [0.25, 0.3) is 6.08 Å². The number of hydrogen-bond donors (Lipinski definition) is 1. The van der Waals surface area contributed by atoms with E-state index >= 15 is 0 Å². The number of carbonyl (C=O) groups excluding carboxylic acids is 2. The van der Waals surface area contributed by atoms with Crippen LogP contribution in [-0.2, 0) is 11.2 Å². The molecule has 2 aromatic carbocycles. The normalized spacial score (nSPS) is 20.9. The summed E-state index contributed by atoms with van der Waals surface area (Å²) in [6.07, 6.45) is 5.93. The SMILES string of the molecule is CC#CCN1C(=O)N[C@](Cc2cccc(F)c2)(C2CCN(C/C=C/c3ccccc3OC)CC2)C1=O. The van der Waals surface area contributed by atoms with Crippen molar-refractivity contribution in [3.63, 3.8) is 0 Å². The fourth-order valence-electron chi connectivity index (χ4n) is 5.20. The van der Waals surface area contributed by atoms with E-state index in [0.29, 0.717) is 5.56 Å². The van der Waals surface area contributed by atoms with Crippen molar-refractivity contribution in [1.82, 2.24) is 15.1 Å². The number of ether oxygens (including phenoxy) is 1. The Labute approximate surface area is 212 Å². The highest BCUT2D eigenvalue weighted by Crippen LogP contribution is 2.36. The molecule has 2 aromatic rings. The van der Waals surface area contributed by atoms with Gasteiger partial charge in [-0.2, -0.15) is 0 Å². The van der Waals surface area contributed by atoms with Crippen LogP contribution in [0.5, 0.6) is 5.75 Å². The summed E-state index contributed by atoms with van der Waals surface area (Å²) in [4.78, 5) is 30.0. The number of urea groups is 1. The zero-order valence-electron chi connectivity index (χ0n) is 20.8. The van der Waals surface area contributed by atoms with Gasteiger partial charge in [0.2, 0.25) is 0 Å². The number of nitrogens with one attached hydrogen (secondary N) is 1. The molecule has 0 saturated carbocycles. The number of benzene rings is 2. The molecule has 36 heavy (non-hydrogen) atoms. The molecule has 2 fully saturated rings. The first-order valence-corrected chi connectivity index (χ1v) is 12.3. The van der Waals surface area contributed by atoms with Crippen molar-refractivity contribution in [2.75, 3.05) is 33.3 Å². The first-order valence-electron chi connectivity index (χ1n) is 12.3. The molecule has 7 heteroatoms. The molecule has 2 aliphatic heterocycles. The lowest BCUT2D eigenvalue weighted by molar-refractivity contribution is -0.133. The van der Waals surface area contributed by atoms with Gasteiger partial charge in [-0.15, -0.1) is 5.92 Å². The summed E-state index contributed by atoms with van der Waals surface area (Å²) in [7, 11) is 1.66. The third kappa shape index (κ3) is 5.44. The summed E-state index contributed by atoms with van der Waals surface area (Å²) in [5.41, 5.74) is 0.618. The van der Waals surface area contributed by atoms with E-state index in [1.54, 1.807) is 26.2 Å². The lowest BCUT2D eigenvalue weighted by Gasteiger charge is -2.40. The molecule has 6 nitrogen and oxygen atoms in total. The zero-order valence-corrected chi connectivity index (χ0v) is 20.8. The predicted molar refractivity (Wildman–Crippen MR) is 138 cm³/mol. The molecular weight excluding hydrogens is 457 g/mol. The average Bonchev–Trinajstić information content (AvgIpc) is 3.12. The Bertz CT molecular complexity index is 1190. The van der Waals surface area contributed by atoms with Crippen LogP contribution in [0.4, 0.5) is 9.18 Å². The molecule has 0 bridgehead atoms. The average molecular weight is 490 g/mol. The van der Waals surface area contributed by atoms with Crippen LogP contribution in [0, 0.1) is 23.6 Å². The van der Waals surface area contributed by atoms with E-state index in [1.165, 1.54) is 17.0 Å². The van der Waals surface area contributed by atoms with Gasteiger partial charge in [0.15, 0.2) is 0 Å². The second-order valence-corrected chi connectivity index (χ2v) is 9.25. The minimum absolute atomic E-state index is 0.0542. The standard InChI is InChI=1S/C29H32FN3O3/c1-3-4-17-33-27(34)29(31-28(33)35,21-22-9-7-12-25(30)20-22)24-14-18-32(19-15-24)16-8-11-23-10-5-6-13-26(23)36-2/h5-13,20,24H,14-19,21H2,1-2H3,(H,31,35)/b11-8+/t29-/m1/s1. The number of para-hydroxylation sites is 1. The lowest BCUT2D eigenvalue weighted by Crippen LogP contribution is -2.57. The van der Waals surface area contributed by atoms with Crippen LogP contribution in [0.3, 0.4) is 0 Å². The van der Waals surface area contributed by atoms with Crippen LogP contribution in [0.2, 0.25) is 0 Å². The van der Waals surface area contributed by atoms with Gasteiger partial charge in [0.1, 0.15) is 17.1 Å². The number of hydrogen-bond acceptors (Lipinski definition) is 4. The maximum atomic E-state index is 13.9. The van der Waals surface area contributed by atoms with Crippen molar-refractivity contribution in [2.24, 2.45) is 5.92 Å². The molecule has 0 aliphatic carbocycles. The van der Waals surface area contributed by atoms with Crippen LogP contribution >= 0.6 is 0 Å². The fourth-order valence-corrected chi connectivity index (χ4v) is 5.20. The first-order chi connectivity index (χ1) is 17.5. The molecule has 0 radical (unpaired) electrons. The number of likely N-dealkylation sites (tertiary alicyclic amines) is 1. The Morgan fingerprint density at radius 1 is 1.17 bits per heavy atom. The molecule has 188 valence electrons. The van der Waals surface area contributed by atoms with Crippen molar-refractivity contribution in [2.45, 2.75) is 31.7 Å². The van der Waals surface area contributed by atoms with Gasteiger partial charge in [0.05, 0.1) is 13.7 Å². The van der Waals surface area contributed by atoms with E-state index < -0.39 is 11.6 Å². The van der Waals surface area contributed by atoms with Gasteiger partial charge in [-0.05, 0) is 62.5 Å². The van der Waals surface area contributed by atoms with E-state index in [4.69, 9.17) is 4.74 Å². The van der Waals surface area contributed by atoms with E-state index in [9.17, 15) is 14.0 Å². The molecule has 1 atom stereocenters. The van der Waals surface area contributed by atoms with Gasteiger partial charge in [0.25, 0.3) is 5.91 Å². The van der Waals surface area contributed by atoms with Gasteiger partial charge in [0, 0.05) is 18.5 Å². The Morgan fingerprint density at radius 2 is 1.94 bits per heavy atom. The summed E-state index contributed by atoms with van der Waals surface area (Å²) < 4.78 is 19.4. The van der Waals surface area contributed by atoms with Crippen molar-refractivity contribution in [3.05, 3.63) is 71.6 Å². The molecule has 0 aromatic heterocycles. The maximum Gasteiger partial charge on any atom is 0.325 e. The van der Waals surface area contributed by atoms with E-state index in [-0.39, 0.29) is 30.6 Å². The molecule has 1 N–H and O–H groups in total. The topological polar surface area (TPSA) is 61.9 Å². The van der Waals surface area contributed by atoms with Crippen molar-refractivity contribution in [1.29, 1.82) is 0 Å². The van der Waals surface area contributed by atoms with Gasteiger partial charge in [-0.1, -0.05) is 48.4 Å². The summed E-state index contributed by atoms with van der Waals surface area (Å²) in [6.45, 7) is 4.10. The number of imide groups is 1. The lowest BCUT2D eigenvalue weighted by atomic mass is 9.74. The van der Waals surface area contributed by atoms with Gasteiger partial charge in [-0.3, -0.25) is 14.6 Å². The highest BCUT2D eigenvalue weighted by Gasteiger charge is 2.55. The second kappa shape index (κ2) is 11.4. The Kier molecular flexibility index (Phi) is 8.07. The van der Waals surface area contributed by atoms with Crippen LogP contribution in [0.1, 0.15) is 30.9 Å². The quantitative estimate of drug-likeness (QED) is 0.448. The monoisotopic (exact) mass is 489 g/mol. The van der Waals surface area contributed by atoms with Crippen LogP contribution in [0.15, 0.2) is 54.6 Å². The van der Waals surface area contributed by atoms with E-state index in [1.807, 2.05) is 24.3 Å². The number of amides is 3. The van der Waals surface area contributed by atoms with Crippen molar-refractivity contribution < 1.29 is 18.7 Å². The smallest absolute Gasteiger partial charge is 0.325 e. The van der Waals surface area contributed by atoms with Gasteiger partial charge >= 0.3 is 6.03 Å². The molecule has 4 rings (SSSR count). The molecule has 2 saturated heterocycles. The second-order valence-electron chi connectivity index (χ2n) is 9.25. The zero-order chi connectivity index (χ0) is 25.5. The highest BCUT2D eigenvalue weighted by atomic mass is 19.1. The Morgan fingerprint density at radius 3 is 2.67 bits per heavy atom. The van der Waals surface area contributed by atoms with Gasteiger partial charge in [-0.25, -0.2) is 9.18 Å². The third-order valence-electron chi connectivity index (χ3n) is 7.07. The summed E-state index contributed by atoms with van der Waals surface area (Å²) in [5.74, 6) is 5.72. The Balaban J connectivity index is 1.48. The molecular formula is C29H32FN3O3. The number of rotatable bonds is 8. The fraction of sp³-hybridized carbons (Fsp3) is 0.379. The van der Waals surface area contributed by atoms with Gasteiger partial charge < -0.3 is 10.1 Å². The number of halogens is 1. The summed E-state index contributed by atoms with van der Waals surface area (Å²) in [5, 5.41) is 3.01. The van der Waals surface area contributed by atoms with E-state index in [2.05, 4.69) is 34.2 Å². The third-order valence-corrected chi connectivity index (χ3v) is 7.07. The molecule has 3 amide bonds. The molecule has 2 aliphatic rings. The summed E-state index contributed by atoms with van der Waals surface area (Å²) in [6, 6.07) is 13.7. The maximum absolute atomic E-state index is 13.9. The Hall–Kier alpha value is -3.63. The molecule has 0 unspecified atom stereocenters. The number of nitrogens with zero attached hydrogens (tertiary/aromatic N) is 2. The summed E-state index contributed by atoms with van der Waals surface area (Å²) >= 11 is 0. The van der Waals surface area contributed by atoms with Crippen molar-refractivity contribution >= 4 is 18.0 Å².